The Labute approximate surface area is 193 Å². The molecule has 4 heterocycles. The first-order valence-electron chi connectivity index (χ1n) is 11.6. The molecule has 6 heteroatoms. The van der Waals surface area contributed by atoms with Crippen molar-refractivity contribution < 1.29 is 9.47 Å². The summed E-state index contributed by atoms with van der Waals surface area (Å²) in [5, 5.41) is 0. The molecule has 0 unspecified atom stereocenters. The van der Waals surface area contributed by atoms with Gasteiger partial charge in [0.25, 0.3) is 0 Å². The molecule has 0 atom stereocenters. The summed E-state index contributed by atoms with van der Waals surface area (Å²) >= 11 is 0. The van der Waals surface area contributed by atoms with Crippen LogP contribution in [0.4, 0.5) is 11.5 Å². The summed E-state index contributed by atoms with van der Waals surface area (Å²) in [5.74, 6) is 7.89. The second-order valence-corrected chi connectivity index (χ2v) is 8.34. The molecule has 2 aliphatic rings. The molecule has 2 fully saturated rings. The number of morpholine rings is 2. The highest BCUT2D eigenvalue weighted by molar-refractivity contribution is 5.90. The monoisotopic (exact) mass is 438 g/mol. The van der Waals surface area contributed by atoms with Gasteiger partial charge in [0.15, 0.2) is 0 Å². The van der Waals surface area contributed by atoms with Gasteiger partial charge in [-0.3, -0.25) is 4.40 Å². The average molecular weight is 439 g/mol. The Morgan fingerprint density at radius 1 is 0.697 bits per heavy atom. The van der Waals surface area contributed by atoms with Crippen molar-refractivity contribution in [3.63, 3.8) is 0 Å². The zero-order chi connectivity index (χ0) is 22.0. The molecule has 2 saturated heterocycles. The molecule has 2 aliphatic heterocycles. The summed E-state index contributed by atoms with van der Waals surface area (Å²) < 4.78 is 13.7. The van der Waals surface area contributed by atoms with Crippen LogP contribution in [0.2, 0.25) is 0 Å². The number of aromatic nitrogens is 2. The van der Waals surface area contributed by atoms with Crippen LogP contribution in [0.25, 0.3) is 16.6 Å². The maximum absolute atomic E-state index is 5.67. The molecule has 33 heavy (non-hydrogen) atoms. The smallest absolute Gasteiger partial charge is 0.138 e. The van der Waals surface area contributed by atoms with Crippen molar-refractivity contribution >= 4 is 28.1 Å². The summed E-state index contributed by atoms with van der Waals surface area (Å²) in [4.78, 5) is 9.86. The number of fused-ring (bicyclic) bond motifs is 3. The predicted octanol–water partition coefficient (Wildman–Crippen LogP) is 3.56. The number of ether oxygens (including phenoxy) is 2. The van der Waals surface area contributed by atoms with Gasteiger partial charge < -0.3 is 19.3 Å². The van der Waals surface area contributed by atoms with E-state index in [0.29, 0.717) is 0 Å². The van der Waals surface area contributed by atoms with Crippen molar-refractivity contribution in [2.75, 3.05) is 62.4 Å². The van der Waals surface area contributed by atoms with E-state index in [2.05, 4.69) is 50.3 Å². The van der Waals surface area contributed by atoms with Crippen molar-refractivity contribution in [1.82, 2.24) is 9.38 Å². The molecule has 0 bridgehead atoms. The van der Waals surface area contributed by atoms with Crippen molar-refractivity contribution in [2.45, 2.75) is 0 Å². The van der Waals surface area contributed by atoms with Crippen LogP contribution in [0.5, 0.6) is 0 Å². The Bertz CT molecular complexity index is 1340. The molecule has 4 aromatic rings. The maximum Gasteiger partial charge on any atom is 0.138 e. The van der Waals surface area contributed by atoms with Gasteiger partial charge in [-0.05, 0) is 36.3 Å². The van der Waals surface area contributed by atoms with Crippen LogP contribution >= 0.6 is 0 Å². The van der Waals surface area contributed by atoms with Gasteiger partial charge in [0.05, 0.1) is 48.7 Å². The van der Waals surface area contributed by atoms with Crippen molar-refractivity contribution in [2.24, 2.45) is 0 Å². The lowest BCUT2D eigenvalue weighted by Crippen LogP contribution is -2.40. The van der Waals surface area contributed by atoms with Gasteiger partial charge in [0.1, 0.15) is 11.5 Å². The molecule has 6 nitrogen and oxygen atoms in total. The van der Waals surface area contributed by atoms with E-state index in [1.165, 1.54) is 11.5 Å². The van der Waals surface area contributed by atoms with Gasteiger partial charge in [-0.2, -0.15) is 0 Å². The van der Waals surface area contributed by atoms with E-state index in [1.807, 2.05) is 36.4 Å². The zero-order valence-electron chi connectivity index (χ0n) is 18.5. The minimum atomic E-state index is 0.736. The predicted molar refractivity (Wildman–Crippen MR) is 131 cm³/mol. The fraction of sp³-hybridized carbons (Fsp3) is 0.296. The zero-order valence-corrected chi connectivity index (χ0v) is 18.5. The topological polar surface area (TPSA) is 42.2 Å². The molecule has 2 aromatic heterocycles. The van der Waals surface area contributed by atoms with Crippen LogP contribution in [0.3, 0.4) is 0 Å². The lowest BCUT2D eigenvalue weighted by atomic mass is 10.2. The molecule has 166 valence electrons. The minimum absolute atomic E-state index is 0.736. The fourth-order valence-corrected chi connectivity index (χ4v) is 4.69. The van der Waals surface area contributed by atoms with E-state index in [0.717, 1.165) is 80.4 Å². The van der Waals surface area contributed by atoms with Crippen LogP contribution < -0.4 is 9.80 Å². The summed E-state index contributed by atoms with van der Waals surface area (Å²) in [7, 11) is 0. The maximum atomic E-state index is 5.67. The minimum Gasteiger partial charge on any atom is -0.378 e. The van der Waals surface area contributed by atoms with Crippen LogP contribution in [-0.4, -0.2) is 62.0 Å². The Morgan fingerprint density at radius 3 is 2.12 bits per heavy atom. The molecule has 0 N–H and O–H groups in total. The number of rotatable bonds is 2. The first-order valence-corrected chi connectivity index (χ1v) is 11.6. The number of para-hydroxylation sites is 2. The summed E-state index contributed by atoms with van der Waals surface area (Å²) in [6.07, 6.45) is 0. The summed E-state index contributed by atoms with van der Waals surface area (Å²) in [6, 6.07) is 20.7. The van der Waals surface area contributed by atoms with Crippen LogP contribution in [0.1, 0.15) is 11.3 Å². The summed E-state index contributed by atoms with van der Waals surface area (Å²) in [5.41, 5.74) is 6.09. The molecule has 0 spiro atoms. The average Bonchev–Trinajstić information content (AvgIpc) is 3.30. The quantitative estimate of drug-likeness (QED) is 0.448. The third-order valence-electron chi connectivity index (χ3n) is 6.31. The Balaban J connectivity index is 1.61. The molecule has 0 amide bonds. The van der Waals surface area contributed by atoms with E-state index in [-0.39, 0.29) is 0 Å². The SMILES string of the molecule is C(#Cc1nc2ccccc2n2c(N3CCOCC3)c(N3CCOCC3)cc12)c1ccccc1. The largest absolute Gasteiger partial charge is 0.378 e. The normalized spacial score (nSPS) is 16.7. The molecule has 2 aromatic carbocycles. The van der Waals surface area contributed by atoms with E-state index in [9.17, 15) is 0 Å². The Kier molecular flexibility index (Phi) is 5.35. The molecule has 0 radical (unpaired) electrons. The number of nitrogens with zero attached hydrogens (tertiary/aromatic N) is 4. The molecule has 6 rings (SSSR count). The van der Waals surface area contributed by atoms with Crippen LogP contribution in [-0.2, 0) is 9.47 Å². The van der Waals surface area contributed by atoms with Crippen molar-refractivity contribution in [1.29, 1.82) is 0 Å². The Morgan fingerprint density at radius 2 is 1.36 bits per heavy atom. The fourth-order valence-electron chi connectivity index (χ4n) is 4.69. The van der Waals surface area contributed by atoms with E-state index >= 15 is 0 Å². The van der Waals surface area contributed by atoms with E-state index in [4.69, 9.17) is 14.5 Å². The van der Waals surface area contributed by atoms with Gasteiger partial charge in [-0.15, -0.1) is 0 Å². The van der Waals surface area contributed by atoms with Gasteiger partial charge in [-0.1, -0.05) is 36.3 Å². The number of benzene rings is 2. The van der Waals surface area contributed by atoms with E-state index in [1.54, 1.807) is 0 Å². The lowest BCUT2D eigenvalue weighted by molar-refractivity contribution is 0.120. The van der Waals surface area contributed by atoms with Crippen molar-refractivity contribution in [3.05, 3.63) is 71.9 Å². The van der Waals surface area contributed by atoms with Gasteiger partial charge >= 0.3 is 0 Å². The first kappa shape index (κ1) is 20.1. The standard InChI is InChI=1S/C27H26N4O2/c1-2-6-21(7-3-1)10-11-23-25-20-26(29-12-16-32-17-13-29)27(30-14-18-33-19-15-30)31(25)24-9-5-4-8-22(24)28-23/h1-9,20H,12-19H2. The first-order chi connectivity index (χ1) is 16.4. The third-order valence-corrected chi connectivity index (χ3v) is 6.31. The highest BCUT2D eigenvalue weighted by atomic mass is 16.5. The molecular formula is C27H26N4O2. The molecule has 0 saturated carbocycles. The van der Waals surface area contributed by atoms with Crippen LogP contribution in [0.15, 0.2) is 60.7 Å². The van der Waals surface area contributed by atoms with Gasteiger partial charge in [0.2, 0.25) is 0 Å². The van der Waals surface area contributed by atoms with Gasteiger partial charge in [0, 0.05) is 31.7 Å². The number of hydrogen-bond donors (Lipinski definition) is 0. The summed E-state index contributed by atoms with van der Waals surface area (Å²) in [6.45, 7) is 6.45. The van der Waals surface area contributed by atoms with E-state index < -0.39 is 0 Å². The molecular weight excluding hydrogens is 412 g/mol. The second kappa shape index (κ2) is 8.78. The lowest BCUT2D eigenvalue weighted by Gasteiger charge is -2.34. The second-order valence-electron chi connectivity index (χ2n) is 8.34. The molecule has 0 aliphatic carbocycles. The van der Waals surface area contributed by atoms with Crippen molar-refractivity contribution in [3.8, 4) is 11.8 Å². The van der Waals surface area contributed by atoms with Gasteiger partial charge in [-0.25, -0.2) is 4.98 Å². The third kappa shape index (κ3) is 3.80. The highest BCUT2D eigenvalue weighted by Gasteiger charge is 2.26. The number of hydrogen-bond acceptors (Lipinski definition) is 5. The Hall–Kier alpha value is -3.53. The highest BCUT2D eigenvalue weighted by Crippen LogP contribution is 2.37. The van der Waals surface area contributed by atoms with Crippen LogP contribution in [0, 0.1) is 11.8 Å². The number of anilines is 2.